The lowest BCUT2D eigenvalue weighted by atomic mass is 9.79. The summed E-state index contributed by atoms with van der Waals surface area (Å²) in [7, 11) is 0. The van der Waals surface area contributed by atoms with Crippen molar-refractivity contribution in [2.45, 2.75) is 46.0 Å². The molecule has 5 nitrogen and oxygen atoms in total. The first kappa shape index (κ1) is 16.4. The van der Waals surface area contributed by atoms with Gasteiger partial charge in [-0.3, -0.25) is 9.59 Å². The van der Waals surface area contributed by atoms with Gasteiger partial charge in [-0.05, 0) is 26.2 Å². The molecule has 0 bridgehead atoms. The summed E-state index contributed by atoms with van der Waals surface area (Å²) in [6, 6.07) is 0. The summed E-state index contributed by atoms with van der Waals surface area (Å²) < 4.78 is 9.87. The fraction of sp³-hybridized carbons (Fsp3) is 0.667. The summed E-state index contributed by atoms with van der Waals surface area (Å²) in [6.45, 7) is 7.16. The van der Waals surface area contributed by atoms with Crippen molar-refractivity contribution in [1.82, 2.24) is 0 Å². The van der Waals surface area contributed by atoms with Gasteiger partial charge in [-0.2, -0.15) is 0 Å². The Morgan fingerprint density at radius 2 is 1.70 bits per heavy atom. The second kappa shape index (κ2) is 7.82. The molecule has 112 valence electrons. The highest BCUT2D eigenvalue weighted by Gasteiger charge is 2.38. The molecular formula is C15H23O5+. The first-order valence-corrected chi connectivity index (χ1v) is 7.05. The third kappa shape index (κ3) is 4.47. The number of hydrogen-bond donors (Lipinski definition) is 0. The van der Waals surface area contributed by atoms with Crippen molar-refractivity contribution in [3.05, 3.63) is 12.2 Å². The zero-order chi connectivity index (χ0) is 15.1. The van der Waals surface area contributed by atoms with Gasteiger partial charge in [0.05, 0.1) is 18.4 Å². The van der Waals surface area contributed by atoms with E-state index in [1.54, 1.807) is 0 Å². The van der Waals surface area contributed by atoms with Crippen LogP contribution in [-0.4, -0.2) is 24.5 Å². The summed E-state index contributed by atoms with van der Waals surface area (Å²) in [4.78, 5) is 35.4. The van der Waals surface area contributed by atoms with Crippen molar-refractivity contribution in [2.24, 2.45) is 11.8 Å². The van der Waals surface area contributed by atoms with Crippen LogP contribution in [0.2, 0.25) is 0 Å². The Balaban J connectivity index is 0.00000400. The highest BCUT2D eigenvalue weighted by atomic mass is 16.6. The van der Waals surface area contributed by atoms with Gasteiger partial charge in [-0.25, -0.2) is 4.79 Å². The molecule has 1 aliphatic rings. The second-order valence-electron chi connectivity index (χ2n) is 5.15. The lowest BCUT2D eigenvalue weighted by Gasteiger charge is -2.27. The Kier molecular flexibility index (Phi) is 6.42. The molecule has 0 spiro atoms. The third-order valence-corrected chi connectivity index (χ3v) is 3.36. The molecule has 1 rings (SSSR count). The van der Waals surface area contributed by atoms with E-state index in [0.29, 0.717) is 19.4 Å². The van der Waals surface area contributed by atoms with Gasteiger partial charge in [0.2, 0.25) is 0 Å². The van der Waals surface area contributed by atoms with Crippen molar-refractivity contribution in [2.75, 3.05) is 6.61 Å². The van der Waals surface area contributed by atoms with E-state index in [2.05, 4.69) is 6.58 Å². The fourth-order valence-corrected chi connectivity index (χ4v) is 2.26. The molecule has 0 saturated heterocycles. The van der Waals surface area contributed by atoms with Gasteiger partial charge in [-0.15, -0.1) is 0 Å². The van der Waals surface area contributed by atoms with Crippen molar-refractivity contribution < 1.29 is 25.3 Å². The molecule has 0 N–H and O–H groups in total. The normalized spacial score (nSPS) is 21.9. The summed E-state index contributed by atoms with van der Waals surface area (Å²) in [6.07, 6.45) is 3.61. The van der Waals surface area contributed by atoms with E-state index >= 15 is 0 Å². The molecule has 2 unspecified atom stereocenters. The van der Waals surface area contributed by atoms with Crippen LogP contribution in [0.25, 0.3) is 0 Å². The molecule has 1 fully saturated rings. The lowest BCUT2D eigenvalue weighted by Crippen LogP contribution is -2.36. The SMILES string of the molecule is C=C(C)C(=O)OC(=O)C1CCCCC1C(=O)OCCC.[H+]. The number of ether oxygens (including phenoxy) is 2. The standard InChI is InChI=1S/C15H22O5/c1-4-9-19-14(17)11-7-5-6-8-12(11)15(18)20-13(16)10(2)3/h11-12H,2,4-9H2,1,3H3/p+1. The molecule has 0 radical (unpaired) electrons. The summed E-state index contributed by atoms with van der Waals surface area (Å²) in [5.74, 6) is -2.83. The van der Waals surface area contributed by atoms with Crippen LogP contribution < -0.4 is 0 Å². The average Bonchev–Trinajstić information content (AvgIpc) is 2.44. The Morgan fingerprint density at radius 1 is 1.15 bits per heavy atom. The van der Waals surface area contributed by atoms with Gasteiger partial charge >= 0.3 is 19.3 Å². The predicted molar refractivity (Wildman–Crippen MR) is 73.7 cm³/mol. The molecule has 0 aromatic rings. The lowest BCUT2D eigenvalue weighted by molar-refractivity contribution is -0.168. The van der Waals surface area contributed by atoms with E-state index in [9.17, 15) is 14.4 Å². The van der Waals surface area contributed by atoms with E-state index in [0.717, 1.165) is 19.3 Å². The molecule has 0 aromatic carbocycles. The smallest absolute Gasteiger partial charge is 0.465 e. The van der Waals surface area contributed by atoms with Gasteiger partial charge in [0.15, 0.2) is 0 Å². The minimum atomic E-state index is -0.735. The van der Waals surface area contributed by atoms with Crippen molar-refractivity contribution in [3.63, 3.8) is 0 Å². The molecular weight excluding hydrogens is 260 g/mol. The van der Waals surface area contributed by atoms with Crippen molar-refractivity contribution in [3.8, 4) is 0 Å². The number of carbonyl (C=O) groups excluding carboxylic acids is 3. The first-order chi connectivity index (χ1) is 9.47. The Morgan fingerprint density at radius 3 is 2.20 bits per heavy atom. The van der Waals surface area contributed by atoms with E-state index in [4.69, 9.17) is 9.47 Å². The van der Waals surface area contributed by atoms with Crippen LogP contribution in [0, 0.1) is 11.8 Å². The monoisotopic (exact) mass is 283 g/mol. The van der Waals surface area contributed by atoms with Gasteiger partial charge < -0.3 is 9.47 Å². The van der Waals surface area contributed by atoms with Crippen LogP contribution >= 0.6 is 0 Å². The number of esters is 3. The first-order valence-electron chi connectivity index (χ1n) is 7.05. The summed E-state index contributed by atoms with van der Waals surface area (Å²) in [5, 5.41) is 0. The van der Waals surface area contributed by atoms with Crippen LogP contribution in [0.15, 0.2) is 12.2 Å². The van der Waals surface area contributed by atoms with Crippen LogP contribution in [0.4, 0.5) is 0 Å². The van der Waals surface area contributed by atoms with Crippen LogP contribution in [-0.2, 0) is 23.9 Å². The maximum Gasteiger partial charge on any atom is 1.00 e. The molecule has 0 aliphatic heterocycles. The van der Waals surface area contributed by atoms with E-state index in [1.807, 2.05) is 6.92 Å². The van der Waals surface area contributed by atoms with Crippen LogP contribution in [0.1, 0.15) is 47.4 Å². The highest BCUT2D eigenvalue weighted by Crippen LogP contribution is 2.32. The van der Waals surface area contributed by atoms with E-state index in [1.165, 1.54) is 6.92 Å². The van der Waals surface area contributed by atoms with Gasteiger partial charge in [-0.1, -0.05) is 26.3 Å². The minimum absolute atomic E-state index is 0. The van der Waals surface area contributed by atoms with Crippen molar-refractivity contribution in [1.29, 1.82) is 0 Å². The average molecular weight is 283 g/mol. The maximum absolute atomic E-state index is 12.0. The van der Waals surface area contributed by atoms with Gasteiger partial charge in [0.1, 0.15) is 0 Å². The van der Waals surface area contributed by atoms with Crippen LogP contribution in [0.5, 0.6) is 0 Å². The van der Waals surface area contributed by atoms with Crippen molar-refractivity contribution >= 4 is 17.9 Å². The number of rotatable bonds is 5. The maximum atomic E-state index is 12.0. The zero-order valence-electron chi connectivity index (χ0n) is 13.1. The molecule has 5 heteroatoms. The van der Waals surface area contributed by atoms with E-state index < -0.39 is 23.8 Å². The largest absolute Gasteiger partial charge is 1.00 e. The quantitative estimate of drug-likeness (QED) is 0.440. The Bertz CT molecular complexity index is 405. The topological polar surface area (TPSA) is 69.7 Å². The Hall–Kier alpha value is -1.65. The second-order valence-corrected chi connectivity index (χ2v) is 5.15. The zero-order valence-corrected chi connectivity index (χ0v) is 12.1. The number of hydrogen-bond acceptors (Lipinski definition) is 5. The third-order valence-electron chi connectivity index (χ3n) is 3.36. The van der Waals surface area contributed by atoms with E-state index in [-0.39, 0.29) is 13.0 Å². The molecule has 0 aromatic heterocycles. The summed E-state index contributed by atoms with van der Waals surface area (Å²) in [5.41, 5.74) is 0.166. The van der Waals surface area contributed by atoms with Gasteiger partial charge in [0, 0.05) is 5.57 Å². The molecule has 1 saturated carbocycles. The van der Waals surface area contributed by atoms with Gasteiger partial charge in [0.25, 0.3) is 0 Å². The predicted octanol–water partition coefficient (Wildman–Crippen LogP) is 2.50. The molecule has 0 heterocycles. The Labute approximate surface area is 120 Å². The number of carbonyl (C=O) groups is 3. The summed E-state index contributed by atoms with van der Waals surface area (Å²) >= 11 is 0. The molecule has 20 heavy (non-hydrogen) atoms. The molecule has 2 atom stereocenters. The molecule has 1 aliphatic carbocycles. The fourth-order valence-electron chi connectivity index (χ4n) is 2.26. The minimum Gasteiger partial charge on any atom is -0.465 e. The highest BCUT2D eigenvalue weighted by molar-refractivity contribution is 5.96. The molecule has 0 amide bonds. The van der Waals surface area contributed by atoms with Crippen LogP contribution in [0.3, 0.4) is 0 Å².